The van der Waals surface area contributed by atoms with Crippen LogP contribution in [0.5, 0.6) is 0 Å². The number of aliphatic hydroxyl groups excluding tert-OH is 1. The van der Waals surface area contributed by atoms with Crippen molar-refractivity contribution in [1.82, 2.24) is 0 Å². The summed E-state index contributed by atoms with van der Waals surface area (Å²) in [6, 6.07) is 0. The molecule has 0 radical (unpaired) electrons. The number of aliphatic hydroxyl groups is 1. The molecule has 0 bridgehead atoms. The third kappa shape index (κ3) is 1.72. The molecule has 22 heavy (non-hydrogen) atoms. The van der Waals surface area contributed by atoms with Crippen molar-refractivity contribution in [3.8, 4) is 0 Å². The highest BCUT2D eigenvalue weighted by Crippen LogP contribution is 2.64. The van der Waals surface area contributed by atoms with E-state index in [0.29, 0.717) is 30.0 Å². The average Bonchev–Trinajstić information content (AvgIpc) is 2.79. The van der Waals surface area contributed by atoms with Crippen molar-refractivity contribution in [2.45, 2.75) is 71.3 Å². The highest BCUT2D eigenvalue weighted by Gasteiger charge is 2.61. The van der Waals surface area contributed by atoms with E-state index in [2.05, 4.69) is 13.8 Å². The number of rotatable bonds is 0. The lowest BCUT2D eigenvalue weighted by atomic mass is 9.45. The smallest absolute Gasteiger partial charge is 0.164 e. The second-order valence-corrected chi connectivity index (χ2v) is 8.89. The van der Waals surface area contributed by atoms with E-state index in [1.54, 1.807) is 0 Å². The molecule has 0 spiro atoms. The van der Waals surface area contributed by atoms with Gasteiger partial charge in [0.25, 0.3) is 0 Å². The molecular formula is C19H28O3. The molecule has 0 heterocycles. The van der Waals surface area contributed by atoms with Gasteiger partial charge >= 0.3 is 0 Å². The summed E-state index contributed by atoms with van der Waals surface area (Å²) in [5.41, 5.74) is -0.0191. The van der Waals surface area contributed by atoms with Crippen LogP contribution in [0.4, 0.5) is 0 Å². The number of ketones is 2. The van der Waals surface area contributed by atoms with Crippen LogP contribution in [0.2, 0.25) is 0 Å². The molecular weight excluding hydrogens is 276 g/mol. The Morgan fingerprint density at radius 3 is 2.50 bits per heavy atom. The lowest BCUT2D eigenvalue weighted by Crippen LogP contribution is -2.57. The molecule has 4 aliphatic rings. The van der Waals surface area contributed by atoms with Crippen LogP contribution in [0.15, 0.2) is 0 Å². The molecule has 0 aromatic carbocycles. The molecule has 7 atom stereocenters. The summed E-state index contributed by atoms with van der Waals surface area (Å²) in [6.07, 6.45) is 6.83. The molecule has 4 rings (SSSR count). The summed E-state index contributed by atoms with van der Waals surface area (Å²) < 4.78 is 0. The maximum atomic E-state index is 12.5. The molecule has 0 aliphatic heterocycles. The van der Waals surface area contributed by atoms with E-state index in [1.807, 2.05) is 0 Å². The molecule has 4 aliphatic carbocycles. The van der Waals surface area contributed by atoms with Gasteiger partial charge in [-0.3, -0.25) is 9.59 Å². The fourth-order valence-corrected chi connectivity index (χ4v) is 6.88. The van der Waals surface area contributed by atoms with E-state index < -0.39 is 6.10 Å². The SMILES string of the molecule is C[C@]12CCC(O)C(=O)C1CC[C@@H]1[C@H]2CC[C@]2(C)C(=O)CC[C@@H]12. The monoisotopic (exact) mass is 304 g/mol. The minimum Gasteiger partial charge on any atom is -0.385 e. The summed E-state index contributed by atoms with van der Waals surface area (Å²) in [7, 11) is 0. The Hall–Kier alpha value is -0.700. The summed E-state index contributed by atoms with van der Waals surface area (Å²) in [5.74, 6) is 2.38. The van der Waals surface area contributed by atoms with Crippen LogP contribution in [-0.4, -0.2) is 22.8 Å². The Balaban J connectivity index is 1.67. The number of hydrogen-bond donors (Lipinski definition) is 1. The molecule has 2 unspecified atom stereocenters. The third-order valence-corrected chi connectivity index (χ3v) is 8.21. The van der Waals surface area contributed by atoms with Gasteiger partial charge < -0.3 is 5.11 Å². The standard InChI is InChI=1S/C19H28O3/c1-18-10-8-15(20)17(22)14(18)4-3-11-12-5-6-16(21)19(12,2)9-7-13(11)18/h11-15,20H,3-10H2,1-2H3/t11-,12-,13+,14?,15?,18+,19-/m0/s1. The molecule has 3 nitrogen and oxygen atoms in total. The predicted molar refractivity (Wildman–Crippen MR) is 83.1 cm³/mol. The molecule has 3 heteroatoms. The van der Waals surface area contributed by atoms with Crippen LogP contribution in [-0.2, 0) is 9.59 Å². The fourth-order valence-electron chi connectivity index (χ4n) is 6.88. The van der Waals surface area contributed by atoms with Crippen molar-refractivity contribution < 1.29 is 14.7 Å². The first kappa shape index (κ1) is 14.9. The lowest BCUT2D eigenvalue weighted by molar-refractivity contribution is -0.160. The van der Waals surface area contributed by atoms with E-state index >= 15 is 0 Å². The van der Waals surface area contributed by atoms with E-state index in [4.69, 9.17) is 0 Å². The Morgan fingerprint density at radius 1 is 0.955 bits per heavy atom. The van der Waals surface area contributed by atoms with Gasteiger partial charge in [0.1, 0.15) is 11.9 Å². The van der Waals surface area contributed by atoms with Gasteiger partial charge in [-0.05, 0) is 68.1 Å². The molecule has 0 amide bonds. The topological polar surface area (TPSA) is 54.4 Å². The van der Waals surface area contributed by atoms with Gasteiger partial charge in [0, 0.05) is 17.8 Å². The van der Waals surface area contributed by atoms with E-state index in [1.165, 1.54) is 0 Å². The van der Waals surface area contributed by atoms with Crippen molar-refractivity contribution in [3.63, 3.8) is 0 Å². The Bertz CT molecular complexity index is 527. The molecule has 122 valence electrons. The van der Waals surface area contributed by atoms with Gasteiger partial charge in [-0.25, -0.2) is 0 Å². The van der Waals surface area contributed by atoms with Crippen molar-refractivity contribution in [2.75, 3.05) is 0 Å². The van der Waals surface area contributed by atoms with Crippen LogP contribution in [0.3, 0.4) is 0 Å². The minimum absolute atomic E-state index is 0.0546. The van der Waals surface area contributed by atoms with Crippen molar-refractivity contribution >= 4 is 11.6 Å². The first-order chi connectivity index (χ1) is 10.4. The van der Waals surface area contributed by atoms with Gasteiger partial charge in [0.15, 0.2) is 5.78 Å². The summed E-state index contributed by atoms with van der Waals surface area (Å²) in [4.78, 5) is 24.9. The van der Waals surface area contributed by atoms with Crippen LogP contribution < -0.4 is 0 Å². The Kier molecular flexibility index (Phi) is 3.15. The lowest BCUT2D eigenvalue weighted by Gasteiger charge is -2.59. The Morgan fingerprint density at radius 2 is 1.73 bits per heavy atom. The maximum Gasteiger partial charge on any atom is 0.164 e. The summed E-state index contributed by atoms with van der Waals surface area (Å²) in [6.45, 7) is 4.51. The van der Waals surface area contributed by atoms with E-state index in [9.17, 15) is 14.7 Å². The maximum absolute atomic E-state index is 12.5. The van der Waals surface area contributed by atoms with Gasteiger partial charge in [-0.15, -0.1) is 0 Å². The zero-order valence-corrected chi connectivity index (χ0v) is 13.8. The average molecular weight is 304 g/mol. The second kappa shape index (κ2) is 4.66. The minimum atomic E-state index is -0.725. The van der Waals surface area contributed by atoms with Crippen molar-refractivity contribution in [1.29, 1.82) is 0 Å². The fraction of sp³-hybridized carbons (Fsp3) is 0.895. The first-order valence-electron chi connectivity index (χ1n) is 9.13. The van der Waals surface area contributed by atoms with Crippen LogP contribution in [0.1, 0.15) is 65.2 Å². The van der Waals surface area contributed by atoms with Crippen LogP contribution in [0.25, 0.3) is 0 Å². The molecule has 0 aromatic rings. The normalized spacial score (nSPS) is 54.6. The predicted octanol–water partition coefficient (Wildman–Crippen LogP) is 3.14. The Labute approximate surface area is 132 Å². The largest absolute Gasteiger partial charge is 0.385 e. The molecule has 0 aromatic heterocycles. The number of hydrogen-bond acceptors (Lipinski definition) is 3. The number of carbonyl (C=O) groups excluding carboxylic acids is 2. The number of carbonyl (C=O) groups is 2. The first-order valence-corrected chi connectivity index (χ1v) is 9.13. The molecule has 1 N–H and O–H groups in total. The van der Waals surface area contributed by atoms with E-state index in [0.717, 1.165) is 44.9 Å². The molecule has 0 saturated heterocycles. The van der Waals surface area contributed by atoms with Gasteiger partial charge in [-0.1, -0.05) is 13.8 Å². The van der Waals surface area contributed by atoms with Gasteiger partial charge in [0.05, 0.1) is 0 Å². The third-order valence-electron chi connectivity index (χ3n) is 8.21. The zero-order valence-electron chi connectivity index (χ0n) is 13.8. The highest BCUT2D eigenvalue weighted by molar-refractivity contribution is 5.88. The summed E-state index contributed by atoms with van der Waals surface area (Å²) >= 11 is 0. The van der Waals surface area contributed by atoms with Gasteiger partial charge in [0.2, 0.25) is 0 Å². The second-order valence-electron chi connectivity index (χ2n) is 8.89. The molecule has 4 fully saturated rings. The quantitative estimate of drug-likeness (QED) is 0.748. The van der Waals surface area contributed by atoms with E-state index in [-0.39, 0.29) is 22.5 Å². The highest BCUT2D eigenvalue weighted by atomic mass is 16.3. The van der Waals surface area contributed by atoms with Gasteiger partial charge in [-0.2, -0.15) is 0 Å². The summed E-state index contributed by atoms with van der Waals surface area (Å²) in [5, 5.41) is 9.96. The van der Waals surface area contributed by atoms with Crippen LogP contribution in [0, 0.1) is 34.5 Å². The van der Waals surface area contributed by atoms with Crippen molar-refractivity contribution in [3.05, 3.63) is 0 Å². The number of Topliss-reactive ketones (excluding diaryl/α,β-unsaturated/α-hetero) is 2. The van der Waals surface area contributed by atoms with Crippen molar-refractivity contribution in [2.24, 2.45) is 34.5 Å². The molecule has 4 saturated carbocycles. The van der Waals surface area contributed by atoms with Crippen LogP contribution >= 0.6 is 0 Å². The number of fused-ring (bicyclic) bond motifs is 5. The zero-order chi connectivity index (χ0) is 15.7.